The minimum atomic E-state index is 0.112. The van der Waals surface area contributed by atoms with Gasteiger partial charge < -0.3 is 4.74 Å². The maximum Gasteiger partial charge on any atom is 0.0589 e. The van der Waals surface area contributed by atoms with Gasteiger partial charge in [-0.25, -0.2) is 0 Å². The first-order valence-corrected chi connectivity index (χ1v) is 5.89. The van der Waals surface area contributed by atoms with Gasteiger partial charge in [-0.05, 0) is 37.5 Å². The Balaban J connectivity index is 2.24. The van der Waals surface area contributed by atoms with Gasteiger partial charge in [0.2, 0.25) is 0 Å². The molecule has 1 aliphatic heterocycles. The molecular weight excluding hydrogens is 198 g/mol. The number of ether oxygens (including phenoxy) is 1. The molecule has 2 nitrogen and oxygen atoms in total. The zero-order valence-corrected chi connectivity index (χ0v) is 10.4. The van der Waals surface area contributed by atoms with Crippen molar-refractivity contribution in [2.45, 2.75) is 25.8 Å². The number of nitrogens with zero attached hydrogens (tertiary/aromatic N) is 1. The second kappa shape index (κ2) is 4.56. The maximum absolute atomic E-state index is 5.18. The predicted molar refractivity (Wildman–Crippen MR) is 65.5 cm³/mol. The van der Waals surface area contributed by atoms with Crippen molar-refractivity contribution < 1.29 is 4.74 Å². The first-order valence-electron chi connectivity index (χ1n) is 5.89. The summed E-state index contributed by atoms with van der Waals surface area (Å²) in [6.07, 6.45) is 1.12. The Bertz CT molecular complexity index is 360. The van der Waals surface area contributed by atoms with Gasteiger partial charge in [0.15, 0.2) is 0 Å². The van der Waals surface area contributed by atoms with E-state index in [1.165, 1.54) is 11.1 Å². The van der Waals surface area contributed by atoms with E-state index >= 15 is 0 Å². The van der Waals surface area contributed by atoms with E-state index in [-0.39, 0.29) is 5.54 Å². The first kappa shape index (κ1) is 11.6. The van der Waals surface area contributed by atoms with E-state index in [0.29, 0.717) is 0 Å². The third kappa shape index (κ3) is 2.00. The van der Waals surface area contributed by atoms with Crippen molar-refractivity contribution in [2.75, 3.05) is 26.8 Å². The molecule has 0 saturated carbocycles. The molecule has 0 unspecified atom stereocenters. The Hall–Kier alpha value is -0.860. The molecular formula is C14H20NO. The molecule has 1 heterocycles. The molecule has 0 aromatic heterocycles. The Labute approximate surface area is 98.2 Å². The molecule has 2 heteroatoms. The summed E-state index contributed by atoms with van der Waals surface area (Å²) in [5.74, 6) is 0. The lowest BCUT2D eigenvalue weighted by Crippen LogP contribution is -2.47. The molecule has 1 aliphatic rings. The largest absolute Gasteiger partial charge is 0.383 e. The Morgan fingerprint density at radius 2 is 2.31 bits per heavy atom. The third-order valence-corrected chi connectivity index (χ3v) is 3.62. The highest BCUT2D eigenvalue weighted by molar-refractivity contribution is 5.34. The van der Waals surface area contributed by atoms with Gasteiger partial charge in [0.1, 0.15) is 0 Å². The van der Waals surface area contributed by atoms with Crippen molar-refractivity contribution in [3.05, 3.63) is 35.4 Å². The summed E-state index contributed by atoms with van der Waals surface area (Å²) in [6.45, 7) is 7.50. The van der Waals surface area contributed by atoms with Crippen LogP contribution in [0.25, 0.3) is 0 Å². The topological polar surface area (TPSA) is 12.5 Å². The van der Waals surface area contributed by atoms with Crippen LogP contribution >= 0.6 is 0 Å². The van der Waals surface area contributed by atoms with Crippen molar-refractivity contribution in [3.8, 4) is 0 Å². The van der Waals surface area contributed by atoms with Crippen LogP contribution in [-0.4, -0.2) is 31.7 Å². The average Bonchev–Trinajstić information content (AvgIpc) is 2.28. The van der Waals surface area contributed by atoms with Gasteiger partial charge in [0.25, 0.3) is 0 Å². The van der Waals surface area contributed by atoms with Crippen LogP contribution in [0.5, 0.6) is 0 Å². The summed E-state index contributed by atoms with van der Waals surface area (Å²) >= 11 is 0. The van der Waals surface area contributed by atoms with Crippen molar-refractivity contribution in [1.82, 2.24) is 4.90 Å². The molecule has 1 radical (unpaired) electrons. The van der Waals surface area contributed by atoms with Gasteiger partial charge in [-0.3, -0.25) is 4.90 Å². The van der Waals surface area contributed by atoms with E-state index in [2.05, 4.69) is 36.9 Å². The van der Waals surface area contributed by atoms with Crippen LogP contribution < -0.4 is 0 Å². The summed E-state index contributed by atoms with van der Waals surface area (Å²) in [4.78, 5) is 2.50. The SMILES string of the molecule is COCCN1CCc2c[c]ccc2C1(C)C. The number of benzene rings is 1. The molecule has 0 spiro atoms. The van der Waals surface area contributed by atoms with Crippen LogP contribution in [0, 0.1) is 6.07 Å². The van der Waals surface area contributed by atoms with Gasteiger partial charge in [0.05, 0.1) is 6.61 Å². The molecule has 0 atom stereocenters. The third-order valence-electron chi connectivity index (χ3n) is 3.62. The molecule has 1 aromatic rings. The van der Waals surface area contributed by atoms with Crippen molar-refractivity contribution in [2.24, 2.45) is 0 Å². The summed E-state index contributed by atoms with van der Waals surface area (Å²) < 4.78 is 5.18. The lowest BCUT2D eigenvalue weighted by Gasteiger charge is -2.43. The summed E-state index contributed by atoms with van der Waals surface area (Å²) in [7, 11) is 1.76. The van der Waals surface area contributed by atoms with E-state index < -0.39 is 0 Å². The average molecular weight is 218 g/mol. The van der Waals surface area contributed by atoms with Gasteiger partial charge >= 0.3 is 0 Å². The van der Waals surface area contributed by atoms with Gasteiger partial charge in [0, 0.05) is 25.7 Å². The molecule has 0 aliphatic carbocycles. The number of rotatable bonds is 3. The van der Waals surface area contributed by atoms with Crippen LogP contribution in [0.1, 0.15) is 25.0 Å². The molecule has 2 rings (SSSR count). The minimum Gasteiger partial charge on any atom is -0.383 e. The Morgan fingerprint density at radius 3 is 3.06 bits per heavy atom. The zero-order chi connectivity index (χ0) is 11.6. The maximum atomic E-state index is 5.18. The van der Waals surface area contributed by atoms with E-state index in [9.17, 15) is 0 Å². The number of hydrogen-bond acceptors (Lipinski definition) is 2. The second-order valence-corrected chi connectivity index (χ2v) is 4.87. The van der Waals surface area contributed by atoms with Crippen molar-refractivity contribution in [1.29, 1.82) is 0 Å². The van der Waals surface area contributed by atoms with Gasteiger partial charge in [-0.2, -0.15) is 0 Å². The number of methoxy groups -OCH3 is 1. The molecule has 0 N–H and O–H groups in total. The standard InChI is InChI=1S/C14H20NO/c1-14(2)13-7-5-4-6-12(13)8-9-15(14)10-11-16-3/h5-7H,8-11H2,1-3H3. The smallest absolute Gasteiger partial charge is 0.0589 e. The monoisotopic (exact) mass is 218 g/mol. The first-order chi connectivity index (χ1) is 7.66. The van der Waals surface area contributed by atoms with Crippen LogP contribution in [0.2, 0.25) is 0 Å². The molecule has 87 valence electrons. The summed E-state index contributed by atoms with van der Waals surface area (Å²) in [5.41, 5.74) is 3.00. The molecule has 0 saturated heterocycles. The molecule has 0 bridgehead atoms. The Kier molecular flexibility index (Phi) is 3.31. The normalized spacial score (nSPS) is 19.4. The summed E-state index contributed by atoms with van der Waals surface area (Å²) in [5, 5.41) is 0. The predicted octanol–water partition coefficient (Wildman–Crippen LogP) is 2.23. The molecule has 0 amide bonds. The van der Waals surface area contributed by atoms with Crippen molar-refractivity contribution >= 4 is 0 Å². The lowest BCUT2D eigenvalue weighted by atomic mass is 9.83. The molecule has 0 fully saturated rings. The van der Waals surface area contributed by atoms with Crippen molar-refractivity contribution in [3.63, 3.8) is 0 Å². The highest BCUT2D eigenvalue weighted by Gasteiger charge is 2.33. The van der Waals surface area contributed by atoms with E-state index in [0.717, 1.165) is 26.1 Å². The van der Waals surface area contributed by atoms with E-state index in [1.807, 2.05) is 6.07 Å². The highest BCUT2D eigenvalue weighted by atomic mass is 16.5. The van der Waals surface area contributed by atoms with E-state index in [1.54, 1.807) is 7.11 Å². The zero-order valence-electron chi connectivity index (χ0n) is 10.4. The highest BCUT2D eigenvalue weighted by Crippen LogP contribution is 2.34. The van der Waals surface area contributed by atoms with Crippen LogP contribution in [0.4, 0.5) is 0 Å². The van der Waals surface area contributed by atoms with Crippen LogP contribution in [-0.2, 0) is 16.7 Å². The van der Waals surface area contributed by atoms with Gasteiger partial charge in [-0.15, -0.1) is 0 Å². The fraction of sp³-hybridized carbons (Fsp3) is 0.571. The van der Waals surface area contributed by atoms with Crippen LogP contribution in [0.3, 0.4) is 0 Å². The van der Waals surface area contributed by atoms with Crippen LogP contribution in [0.15, 0.2) is 18.2 Å². The Morgan fingerprint density at radius 1 is 1.50 bits per heavy atom. The van der Waals surface area contributed by atoms with Gasteiger partial charge in [-0.1, -0.05) is 18.2 Å². The quantitative estimate of drug-likeness (QED) is 0.771. The minimum absolute atomic E-state index is 0.112. The van der Waals surface area contributed by atoms with E-state index in [4.69, 9.17) is 4.74 Å². The summed E-state index contributed by atoms with van der Waals surface area (Å²) in [6, 6.07) is 9.52. The lowest BCUT2D eigenvalue weighted by molar-refractivity contribution is 0.0677. The number of hydrogen-bond donors (Lipinski definition) is 0. The fourth-order valence-corrected chi connectivity index (χ4v) is 2.57. The fourth-order valence-electron chi connectivity index (χ4n) is 2.57. The number of fused-ring (bicyclic) bond motifs is 1. The second-order valence-electron chi connectivity index (χ2n) is 4.87. The molecule has 1 aromatic carbocycles. The molecule has 16 heavy (non-hydrogen) atoms.